The van der Waals surface area contributed by atoms with Crippen LogP contribution in [0.5, 0.6) is 0 Å². The van der Waals surface area contributed by atoms with Gasteiger partial charge >= 0.3 is 0 Å². The fourth-order valence-electron chi connectivity index (χ4n) is 1.73. The Morgan fingerprint density at radius 3 is 2.30 bits per heavy atom. The summed E-state index contributed by atoms with van der Waals surface area (Å²) in [5.41, 5.74) is 9.30. The molecule has 0 amide bonds. The number of hydrogen-bond acceptors (Lipinski definition) is 2. The van der Waals surface area contributed by atoms with Gasteiger partial charge in [0.2, 0.25) is 0 Å². The van der Waals surface area contributed by atoms with Gasteiger partial charge in [0, 0.05) is 5.75 Å². The molecule has 0 fully saturated rings. The largest absolute Gasteiger partial charge is 0.378 e. The second-order valence-electron chi connectivity index (χ2n) is 4.35. The standard InChI is InChI=1S/C17H18N2S/c1-14(15-8-4-2-5-9-15)12-13-20-17(18)19-16-10-6-3-7-11-16/h2-12H,13H2,1H3,(H2,18,19)/b14-12+. The lowest BCUT2D eigenvalue weighted by Gasteiger charge is -2.02. The van der Waals surface area contributed by atoms with Crippen LogP contribution >= 0.6 is 11.8 Å². The Morgan fingerprint density at radius 1 is 1.05 bits per heavy atom. The highest BCUT2D eigenvalue weighted by molar-refractivity contribution is 8.13. The SMILES string of the molecule is C/C(=C\CSC(N)=Nc1ccccc1)c1ccccc1. The quantitative estimate of drug-likeness (QED) is 0.663. The van der Waals surface area contributed by atoms with E-state index in [2.05, 4.69) is 30.1 Å². The second kappa shape index (κ2) is 7.56. The summed E-state index contributed by atoms with van der Waals surface area (Å²) in [5, 5.41) is 0.591. The lowest BCUT2D eigenvalue weighted by Crippen LogP contribution is -2.06. The van der Waals surface area contributed by atoms with Gasteiger partial charge in [-0.15, -0.1) is 0 Å². The number of allylic oxidation sites excluding steroid dienone is 1. The van der Waals surface area contributed by atoms with Gasteiger partial charge in [-0.1, -0.05) is 66.4 Å². The smallest absolute Gasteiger partial charge is 0.159 e. The topological polar surface area (TPSA) is 38.4 Å². The van der Waals surface area contributed by atoms with E-state index >= 15 is 0 Å². The highest BCUT2D eigenvalue weighted by Crippen LogP contribution is 2.16. The van der Waals surface area contributed by atoms with Crippen molar-refractivity contribution in [2.24, 2.45) is 10.7 Å². The lowest BCUT2D eigenvalue weighted by molar-refractivity contribution is 1.50. The first-order valence-corrected chi connectivity index (χ1v) is 7.48. The Balaban J connectivity index is 1.91. The molecule has 0 saturated heterocycles. The van der Waals surface area contributed by atoms with Crippen LogP contribution in [0.4, 0.5) is 5.69 Å². The van der Waals surface area contributed by atoms with E-state index in [1.807, 2.05) is 48.5 Å². The molecule has 0 bridgehead atoms. The molecular weight excluding hydrogens is 264 g/mol. The van der Waals surface area contributed by atoms with Gasteiger partial charge in [-0.25, -0.2) is 4.99 Å². The van der Waals surface area contributed by atoms with Crippen molar-refractivity contribution in [2.75, 3.05) is 5.75 Å². The minimum absolute atomic E-state index is 0.591. The molecule has 2 nitrogen and oxygen atoms in total. The van der Waals surface area contributed by atoms with Gasteiger partial charge in [0.25, 0.3) is 0 Å². The first kappa shape index (κ1) is 14.4. The second-order valence-corrected chi connectivity index (χ2v) is 5.39. The van der Waals surface area contributed by atoms with E-state index < -0.39 is 0 Å². The third-order valence-corrected chi connectivity index (χ3v) is 3.57. The maximum atomic E-state index is 5.91. The molecule has 2 N–H and O–H groups in total. The van der Waals surface area contributed by atoms with E-state index in [0.717, 1.165) is 11.4 Å². The van der Waals surface area contributed by atoms with Gasteiger partial charge in [0.1, 0.15) is 0 Å². The van der Waals surface area contributed by atoms with Crippen molar-refractivity contribution < 1.29 is 0 Å². The van der Waals surface area contributed by atoms with E-state index in [9.17, 15) is 0 Å². The molecule has 20 heavy (non-hydrogen) atoms. The van der Waals surface area contributed by atoms with Gasteiger partial charge in [-0.3, -0.25) is 0 Å². The summed E-state index contributed by atoms with van der Waals surface area (Å²) in [6, 6.07) is 20.1. The third kappa shape index (κ3) is 4.59. The number of benzene rings is 2. The number of para-hydroxylation sites is 1. The van der Waals surface area contributed by atoms with Crippen molar-refractivity contribution in [3.05, 3.63) is 72.3 Å². The highest BCUT2D eigenvalue weighted by Gasteiger charge is 1.96. The summed E-state index contributed by atoms with van der Waals surface area (Å²) in [6.45, 7) is 2.11. The van der Waals surface area contributed by atoms with Crippen LogP contribution in [0.25, 0.3) is 5.57 Å². The van der Waals surface area contributed by atoms with Gasteiger partial charge in [0.05, 0.1) is 5.69 Å². The lowest BCUT2D eigenvalue weighted by atomic mass is 10.1. The maximum absolute atomic E-state index is 5.91. The van der Waals surface area contributed by atoms with Gasteiger partial charge in [-0.2, -0.15) is 0 Å². The molecule has 2 aromatic rings. The molecule has 2 rings (SSSR count). The van der Waals surface area contributed by atoms with Crippen LogP contribution in [0, 0.1) is 0 Å². The van der Waals surface area contributed by atoms with Gasteiger partial charge in [0.15, 0.2) is 5.17 Å². The molecule has 0 radical (unpaired) electrons. The molecule has 0 saturated carbocycles. The van der Waals surface area contributed by atoms with Crippen molar-refractivity contribution in [3.63, 3.8) is 0 Å². The Bertz CT molecular complexity index is 589. The average Bonchev–Trinajstić information content (AvgIpc) is 2.49. The van der Waals surface area contributed by atoms with Crippen molar-refractivity contribution >= 4 is 28.2 Å². The van der Waals surface area contributed by atoms with E-state index in [1.165, 1.54) is 11.1 Å². The van der Waals surface area contributed by atoms with Crippen molar-refractivity contribution in [2.45, 2.75) is 6.92 Å². The molecule has 0 spiro atoms. The van der Waals surface area contributed by atoms with E-state index in [0.29, 0.717) is 5.17 Å². The first-order chi connectivity index (χ1) is 9.75. The summed E-state index contributed by atoms with van der Waals surface area (Å²) < 4.78 is 0. The Labute approximate surface area is 124 Å². The minimum atomic E-state index is 0.591. The molecule has 3 heteroatoms. The van der Waals surface area contributed by atoms with Crippen LogP contribution in [0.3, 0.4) is 0 Å². The van der Waals surface area contributed by atoms with Crippen LogP contribution in [0.1, 0.15) is 12.5 Å². The minimum Gasteiger partial charge on any atom is -0.378 e. The molecule has 0 aliphatic rings. The van der Waals surface area contributed by atoms with Crippen LogP contribution in [0.2, 0.25) is 0 Å². The zero-order valence-electron chi connectivity index (χ0n) is 11.5. The predicted molar refractivity (Wildman–Crippen MR) is 90.3 cm³/mol. The molecule has 102 valence electrons. The normalized spacial score (nSPS) is 12.4. The average molecular weight is 282 g/mol. The van der Waals surface area contributed by atoms with Crippen molar-refractivity contribution in [1.29, 1.82) is 0 Å². The fraction of sp³-hybridized carbons (Fsp3) is 0.118. The number of amidine groups is 1. The summed E-state index contributed by atoms with van der Waals surface area (Å²) in [4.78, 5) is 4.36. The summed E-state index contributed by atoms with van der Waals surface area (Å²) in [7, 11) is 0. The molecule has 0 aliphatic heterocycles. The molecule has 0 unspecified atom stereocenters. The number of nitrogens with zero attached hydrogens (tertiary/aromatic N) is 1. The van der Waals surface area contributed by atoms with Crippen molar-refractivity contribution in [3.8, 4) is 0 Å². The number of rotatable bonds is 4. The first-order valence-electron chi connectivity index (χ1n) is 6.50. The molecule has 0 aromatic heterocycles. The monoisotopic (exact) mass is 282 g/mol. The predicted octanol–water partition coefficient (Wildman–Crippen LogP) is 4.47. The number of hydrogen-bond donors (Lipinski definition) is 1. The zero-order valence-corrected chi connectivity index (χ0v) is 12.3. The van der Waals surface area contributed by atoms with Gasteiger partial charge < -0.3 is 5.73 Å². The molecule has 0 atom stereocenters. The van der Waals surface area contributed by atoms with Crippen LogP contribution in [-0.4, -0.2) is 10.9 Å². The summed E-state index contributed by atoms with van der Waals surface area (Å²) in [5.74, 6) is 0.822. The van der Waals surface area contributed by atoms with Crippen LogP contribution in [0.15, 0.2) is 71.7 Å². The number of thioether (sulfide) groups is 1. The van der Waals surface area contributed by atoms with E-state index in [-0.39, 0.29) is 0 Å². The zero-order chi connectivity index (χ0) is 14.2. The third-order valence-electron chi connectivity index (χ3n) is 2.85. The highest BCUT2D eigenvalue weighted by atomic mass is 32.2. The Morgan fingerprint density at radius 2 is 1.65 bits per heavy atom. The fourth-order valence-corrected chi connectivity index (χ4v) is 2.41. The summed E-state index contributed by atoms with van der Waals surface area (Å²) in [6.07, 6.45) is 2.17. The molecule has 0 aliphatic carbocycles. The molecule has 2 aromatic carbocycles. The number of nitrogens with two attached hydrogens (primary N) is 1. The van der Waals surface area contributed by atoms with E-state index in [1.54, 1.807) is 11.8 Å². The van der Waals surface area contributed by atoms with Crippen LogP contribution < -0.4 is 5.73 Å². The van der Waals surface area contributed by atoms with Gasteiger partial charge in [-0.05, 0) is 30.2 Å². The van der Waals surface area contributed by atoms with E-state index in [4.69, 9.17) is 5.73 Å². The number of aliphatic imine (C=N–C) groups is 1. The Hall–Kier alpha value is -2.00. The summed E-state index contributed by atoms with van der Waals surface area (Å²) >= 11 is 1.55. The molecular formula is C17H18N2S. The molecule has 0 heterocycles. The van der Waals surface area contributed by atoms with Crippen molar-refractivity contribution in [1.82, 2.24) is 0 Å². The maximum Gasteiger partial charge on any atom is 0.159 e. The Kier molecular flexibility index (Phi) is 5.44. The van der Waals surface area contributed by atoms with Crippen LogP contribution in [-0.2, 0) is 0 Å².